The zero-order valence-electron chi connectivity index (χ0n) is 17.1. The van der Waals surface area contributed by atoms with E-state index in [1.807, 2.05) is 25.3 Å². The average molecular weight is 416 g/mol. The summed E-state index contributed by atoms with van der Waals surface area (Å²) in [7, 11) is 3.28. The first kappa shape index (κ1) is 19.7. The lowest BCUT2D eigenvalue weighted by Crippen LogP contribution is -2.46. The highest BCUT2D eigenvalue weighted by Crippen LogP contribution is 2.35. The van der Waals surface area contributed by atoms with Gasteiger partial charge in [0.15, 0.2) is 22.4 Å². The lowest BCUT2D eigenvalue weighted by atomic mass is 10.0. The summed E-state index contributed by atoms with van der Waals surface area (Å²) >= 11 is 1.47. The number of aromatic nitrogens is 2. The number of H-pyrrole nitrogens is 1. The number of Topliss-reactive ketones (excluding diaryl/α,β-unsaturated/α-hetero) is 1. The van der Waals surface area contributed by atoms with Gasteiger partial charge in [0.1, 0.15) is 0 Å². The molecule has 0 aliphatic carbocycles. The minimum absolute atomic E-state index is 0.0636. The molecule has 0 radical (unpaired) electrons. The molecular formula is C21H25N3O4S. The molecule has 29 heavy (non-hydrogen) atoms. The Balaban J connectivity index is 1.65. The van der Waals surface area contributed by atoms with Crippen molar-refractivity contribution in [3.63, 3.8) is 0 Å². The number of hydrogen-bond donors (Lipinski definition) is 1. The van der Waals surface area contributed by atoms with Crippen LogP contribution in [-0.4, -0.2) is 55.8 Å². The first-order chi connectivity index (χ1) is 14.0. The molecule has 3 aromatic rings. The van der Waals surface area contributed by atoms with Crippen LogP contribution in [0.4, 0.5) is 5.13 Å². The van der Waals surface area contributed by atoms with Crippen LogP contribution < -0.4 is 14.4 Å². The van der Waals surface area contributed by atoms with Crippen LogP contribution in [0.2, 0.25) is 0 Å². The Morgan fingerprint density at radius 3 is 2.79 bits per heavy atom. The van der Waals surface area contributed by atoms with E-state index in [9.17, 15) is 4.79 Å². The van der Waals surface area contributed by atoms with Gasteiger partial charge in [-0.05, 0) is 25.0 Å². The third-order valence-electron chi connectivity index (χ3n) is 5.31. The molecule has 1 saturated heterocycles. The number of carbonyl (C=O) groups is 1. The summed E-state index contributed by atoms with van der Waals surface area (Å²) in [5, 5.41) is 1.99. The fraction of sp³-hybridized carbons (Fsp3) is 0.429. The van der Waals surface area contributed by atoms with Crippen molar-refractivity contribution in [1.29, 1.82) is 0 Å². The topological polar surface area (TPSA) is 76.7 Å². The van der Waals surface area contributed by atoms with Crippen molar-refractivity contribution in [2.45, 2.75) is 26.3 Å². The standard InChI is InChI=1S/C21H25N3O4S/c1-12-20(13(2)25)29-21(23-12)24-5-6-28-11-15(24)7-14-10-22-17-9-19(27-4)18(26-3)8-16(14)17/h8-10,15,22H,5-7,11H2,1-4H3/t15-/m0/s1. The van der Waals surface area contributed by atoms with Crippen molar-refractivity contribution in [3.8, 4) is 11.5 Å². The van der Waals surface area contributed by atoms with Crippen molar-refractivity contribution < 1.29 is 19.0 Å². The lowest BCUT2D eigenvalue weighted by Gasteiger charge is -2.35. The van der Waals surface area contributed by atoms with E-state index in [0.717, 1.165) is 39.6 Å². The number of methoxy groups -OCH3 is 2. The molecule has 1 fully saturated rings. The van der Waals surface area contributed by atoms with Gasteiger partial charge >= 0.3 is 0 Å². The number of ketones is 1. The zero-order chi connectivity index (χ0) is 20.5. The predicted molar refractivity (Wildman–Crippen MR) is 114 cm³/mol. The highest BCUT2D eigenvalue weighted by molar-refractivity contribution is 7.17. The van der Waals surface area contributed by atoms with E-state index in [1.54, 1.807) is 21.1 Å². The van der Waals surface area contributed by atoms with Crippen LogP contribution in [0.25, 0.3) is 10.9 Å². The second kappa shape index (κ2) is 8.04. The normalized spacial score (nSPS) is 17.0. The summed E-state index contributed by atoms with van der Waals surface area (Å²) in [6.07, 6.45) is 2.83. The van der Waals surface area contributed by atoms with E-state index < -0.39 is 0 Å². The molecule has 1 aromatic carbocycles. The Labute approximate surface area is 173 Å². The number of nitrogens with one attached hydrogen (secondary N) is 1. The summed E-state index contributed by atoms with van der Waals surface area (Å²) in [5.74, 6) is 1.47. The third-order valence-corrected chi connectivity index (χ3v) is 6.60. The summed E-state index contributed by atoms with van der Waals surface area (Å²) in [5.41, 5.74) is 2.98. The van der Waals surface area contributed by atoms with Crippen LogP contribution in [0.3, 0.4) is 0 Å². The van der Waals surface area contributed by atoms with Gasteiger partial charge in [0.2, 0.25) is 0 Å². The first-order valence-corrected chi connectivity index (χ1v) is 10.4. The van der Waals surface area contributed by atoms with Gasteiger partial charge in [0.25, 0.3) is 0 Å². The van der Waals surface area contributed by atoms with Crippen molar-refractivity contribution >= 4 is 33.2 Å². The minimum atomic E-state index is 0.0636. The maximum Gasteiger partial charge on any atom is 0.186 e. The van der Waals surface area contributed by atoms with Crippen LogP contribution in [0, 0.1) is 6.92 Å². The second-order valence-corrected chi connectivity index (χ2v) is 8.14. The summed E-state index contributed by atoms with van der Waals surface area (Å²) in [6, 6.07) is 4.10. The van der Waals surface area contributed by atoms with Crippen LogP contribution >= 0.6 is 11.3 Å². The van der Waals surface area contributed by atoms with Crippen molar-refractivity contribution in [2.75, 3.05) is 38.9 Å². The fourth-order valence-corrected chi connectivity index (χ4v) is 4.90. The molecule has 4 rings (SSSR count). The Morgan fingerprint density at radius 1 is 1.34 bits per heavy atom. The monoisotopic (exact) mass is 415 g/mol. The predicted octanol–water partition coefficient (Wildman–Crippen LogP) is 3.60. The maximum absolute atomic E-state index is 11.9. The van der Waals surface area contributed by atoms with Gasteiger partial charge in [0.05, 0.1) is 44.0 Å². The molecular weight excluding hydrogens is 390 g/mol. The molecule has 3 heterocycles. The van der Waals surface area contributed by atoms with Gasteiger partial charge in [-0.3, -0.25) is 4.79 Å². The van der Waals surface area contributed by atoms with Crippen molar-refractivity contribution in [2.24, 2.45) is 0 Å². The molecule has 0 saturated carbocycles. The number of anilines is 1. The number of ether oxygens (including phenoxy) is 3. The molecule has 154 valence electrons. The molecule has 7 nitrogen and oxygen atoms in total. The largest absolute Gasteiger partial charge is 0.493 e. The number of rotatable bonds is 6. The molecule has 0 bridgehead atoms. The number of fused-ring (bicyclic) bond motifs is 1. The molecule has 0 amide bonds. The Hall–Kier alpha value is -2.58. The molecule has 1 atom stereocenters. The number of carbonyl (C=O) groups excluding carboxylic acids is 1. The zero-order valence-corrected chi connectivity index (χ0v) is 17.9. The van der Waals surface area contributed by atoms with E-state index >= 15 is 0 Å². The minimum Gasteiger partial charge on any atom is -0.493 e. The van der Waals surface area contributed by atoms with E-state index in [0.29, 0.717) is 24.7 Å². The van der Waals surface area contributed by atoms with Gasteiger partial charge in [-0.2, -0.15) is 0 Å². The summed E-state index contributed by atoms with van der Waals surface area (Å²) < 4.78 is 16.7. The van der Waals surface area contributed by atoms with Crippen LogP contribution in [-0.2, 0) is 11.2 Å². The van der Waals surface area contributed by atoms with E-state index in [4.69, 9.17) is 14.2 Å². The quantitative estimate of drug-likeness (QED) is 0.620. The molecule has 1 N–H and O–H groups in total. The van der Waals surface area contributed by atoms with E-state index in [-0.39, 0.29) is 11.8 Å². The number of aryl methyl sites for hydroxylation is 1. The summed E-state index contributed by atoms with van der Waals surface area (Å²) in [6.45, 7) is 5.52. The number of aromatic amines is 1. The number of benzene rings is 1. The van der Waals surface area contributed by atoms with Gasteiger partial charge in [0, 0.05) is 36.6 Å². The first-order valence-electron chi connectivity index (χ1n) is 9.56. The Bertz CT molecular complexity index is 1040. The molecule has 0 unspecified atom stereocenters. The number of thiazole rings is 1. The maximum atomic E-state index is 11.9. The average Bonchev–Trinajstić information content (AvgIpc) is 3.30. The van der Waals surface area contributed by atoms with E-state index in [1.165, 1.54) is 16.9 Å². The lowest BCUT2D eigenvalue weighted by molar-refractivity contribution is 0.0941. The highest BCUT2D eigenvalue weighted by Gasteiger charge is 2.28. The molecule has 0 spiro atoms. The molecule has 1 aliphatic heterocycles. The highest BCUT2D eigenvalue weighted by atomic mass is 32.1. The smallest absolute Gasteiger partial charge is 0.186 e. The van der Waals surface area contributed by atoms with E-state index in [2.05, 4.69) is 14.9 Å². The van der Waals surface area contributed by atoms with Gasteiger partial charge in [-0.1, -0.05) is 11.3 Å². The Kier molecular flexibility index (Phi) is 5.47. The number of nitrogens with zero attached hydrogens (tertiary/aromatic N) is 2. The van der Waals surface area contributed by atoms with Crippen molar-refractivity contribution in [1.82, 2.24) is 9.97 Å². The second-order valence-electron chi connectivity index (χ2n) is 7.16. The molecule has 8 heteroatoms. The van der Waals surface area contributed by atoms with Gasteiger partial charge < -0.3 is 24.1 Å². The van der Waals surface area contributed by atoms with Crippen molar-refractivity contribution in [3.05, 3.63) is 34.5 Å². The van der Waals surface area contributed by atoms with Gasteiger partial charge in [-0.15, -0.1) is 0 Å². The van der Waals surface area contributed by atoms with Crippen LogP contribution in [0.5, 0.6) is 11.5 Å². The van der Waals surface area contributed by atoms with Crippen LogP contribution in [0.15, 0.2) is 18.3 Å². The van der Waals surface area contributed by atoms with Gasteiger partial charge in [-0.25, -0.2) is 4.98 Å². The SMILES string of the molecule is COc1cc2[nH]cc(C[C@H]3COCCN3c3nc(C)c(C(C)=O)s3)c2cc1OC. The molecule has 2 aromatic heterocycles. The fourth-order valence-electron chi connectivity index (χ4n) is 3.84. The Morgan fingerprint density at radius 2 is 2.10 bits per heavy atom. The third kappa shape index (κ3) is 3.70. The summed E-state index contributed by atoms with van der Waals surface area (Å²) in [4.78, 5) is 22.9. The number of hydrogen-bond acceptors (Lipinski definition) is 7. The molecule has 1 aliphatic rings. The number of morpholine rings is 1. The van der Waals surface area contributed by atoms with Crippen LogP contribution in [0.1, 0.15) is 27.9 Å².